The molecule has 0 spiro atoms. The molecule has 1 aliphatic carbocycles. The molecule has 0 saturated heterocycles. The lowest BCUT2D eigenvalue weighted by atomic mass is 9.74. The number of nitrogens with two attached hydrogens (primary N) is 1. The number of aldehydes is 1. The highest BCUT2D eigenvalue weighted by Gasteiger charge is 2.38. The van der Waals surface area contributed by atoms with Crippen LogP contribution < -0.4 is 15.8 Å². The van der Waals surface area contributed by atoms with Crippen molar-refractivity contribution in [3.63, 3.8) is 0 Å². The Morgan fingerprint density at radius 1 is 1.22 bits per heavy atom. The number of hydrogen-bond acceptors (Lipinski definition) is 5. The Morgan fingerprint density at radius 3 is 2.25 bits per heavy atom. The van der Waals surface area contributed by atoms with Gasteiger partial charge in [-0.1, -0.05) is 46.2 Å². The molecule has 36 heavy (non-hydrogen) atoms. The van der Waals surface area contributed by atoms with E-state index in [1.165, 1.54) is 12.1 Å². The third-order valence-corrected chi connectivity index (χ3v) is 8.82. The first kappa shape index (κ1) is 32.4. The summed E-state index contributed by atoms with van der Waals surface area (Å²) in [6.45, 7) is 10.8. The van der Waals surface area contributed by atoms with E-state index in [2.05, 4.69) is 37.7 Å². The number of carbonyl (C=O) groups is 2. The van der Waals surface area contributed by atoms with Crippen molar-refractivity contribution < 1.29 is 22.8 Å². The zero-order valence-electron chi connectivity index (χ0n) is 22.5. The topological polar surface area (TPSA) is 84.2 Å². The number of rotatable bonds is 13. The third-order valence-electron chi connectivity index (χ3n) is 7.73. The maximum atomic E-state index is 12.7. The first-order valence-electron chi connectivity index (χ1n) is 12.8. The largest absolute Gasteiger partial charge is 0.417 e. The van der Waals surface area contributed by atoms with Crippen LogP contribution in [0.4, 0.5) is 13.2 Å². The molecule has 206 valence electrons. The van der Waals surface area contributed by atoms with E-state index in [4.69, 9.17) is 5.73 Å². The Balaban J connectivity index is 0.000000360. The summed E-state index contributed by atoms with van der Waals surface area (Å²) < 4.78 is 41.1. The van der Waals surface area contributed by atoms with Crippen LogP contribution in [-0.2, 0) is 15.8 Å². The zero-order valence-corrected chi connectivity index (χ0v) is 23.3. The zero-order chi connectivity index (χ0) is 27.6. The van der Waals surface area contributed by atoms with Crippen molar-refractivity contribution >= 4 is 24.1 Å². The molecule has 4 unspecified atom stereocenters. The second-order valence-electron chi connectivity index (χ2n) is 10.4. The van der Waals surface area contributed by atoms with Gasteiger partial charge in [0.25, 0.3) is 0 Å². The molecule has 2 rings (SSSR count). The van der Waals surface area contributed by atoms with Gasteiger partial charge in [-0.2, -0.15) is 13.2 Å². The summed E-state index contributed by atoms with van der Waals surface area (Å²) in [5.41, 5.74) is 3.88. The number of alkyl halides is 3. The molecule has 0 heterocycles. The van der Waals surface area contributed by atoms with Crippen molar-refractivity contribution in [2.75, 3.05) is 7.05 Å². The number of benzene rings is 1. The molecule has 0 bridgehead atoms. The standard InChI is InChI=1S/C15H32N2O.C12H12F3NOS/c1-7-13(9-11(3)12(4)17-6)10-15(5,8-2)14(16)18;13-12(14,15)9-4-1-2-5-10(9)18-16-11(8-17)6-3-7-11/h11-13,17H,7-10H2,1-6H3,(H2,16,18);1-2,4-5,8,16H,3,6-7H2. The monoisotopic (exact) mass is 531 g/mol. The number of carbonyl (C=O) groups excluding carboxylic acids is 2. The summed E-state index contributed by atoms with van der Waals surface area (Å²) in [6, 6.07) is 5.86. The van der Waals surface area contributed by atoms with E-state index in [1.807, 2.05) is 14.0 Å². The normalized spacial score (nSPS) is 19.0. The summed E-state index contributed by atoms with van der Waals surface area (Å²) in [7, 11) is 2.00. The summed E-state index contributed by atoms with van der Waals surface area (Å²) in [5.74, 6) is 1.04. The number of hydrogen-bond donors (Lipinski definition) is 3. The van der Waals surface area contributed by atoms with Crippen molar-refractivity contribution in [3.05, 3.63) is 29.8 Å². The molecular formula is C27H44F3N3O2S. The number of nitrogens with one attached hydrogen (secondary N) is 2. The first-order chi connectivity index (χ1) is 16.8. The van der Waals surface area contributed by atoms with Crippen LogP contribution in [0.1, 0.15) is 85.1 Å². The van der Waals surface area contributed by atoms with Crippen molar-refractivity contribution in [3.8, 4) is 0 Å². The fourth-order valence-corrected chi connectivity index (χ4v) is 5.22. The highest BCUT2D eigenvalue weighted by atomic mass is 32.2. The van der Waals surface area contributed by atoms with Gasteiger partial charge in [0.05, 0.1) is 11.1 Å². The highest BCUT2D eigenvalue weighted by molar-refractivity contribution is 7.97. The number of primary amides is 1. The Kier molecular flexibility index (Phi) is 13.0. The molecule has 1 fully saturated rings. The maximum Gasteiger partial charge on any atom is 0.417 e. The number of amides is 1. The first-order valence-corrected chi connectivity index (χ1v) is 13.6. The molecule has 1 amide bonds. The minimum Gasteiger partial charge on any atom is -0.369 e. The lowest BCUT2D eigenvalue weighted by Crippen LogP contribution is -2.49. The van der Waals surface area contributed by atoms with Gasteiger partial charge in [0, 0.05) is 16.4 Å². The molecule has 0 aromatic heterocycles. The molecule has 1 aromatic carbocycles. The van der Waals surface area contributed by atoms with Crippen LogP contribution in [0.15, 0.2) is 29.2 Å². The van der Waals surface area contributed by atoms with Gasteiger partial charge in [-0.15, -0.1) is 0 Å². The third kappa shape index (κ3) is 9.38. The van der Waals surface area contributed by atoms with Gasteiger partial charge in [-0.25, -0.2) is 4.72 Å². The lowest BCUT2D eigenvalue weighted by Gasteiger charge is -2.37. The molecule has 4 N–H and O–H groups in total. The van der Waals surface area contributed by atoms with Crippen LogP contribution >= 0.6 is 11.9 Å². The van der Waals surface area contributed by atoms with E-state index < -0.39 is 17.3 Å². The molecule has 9 heteroatoms. The Morgan fingerprint density at radius 2 is 1.83 bits per heavy atom. The maximum absolute atomic E-state index is 12.7. The lowest BCUT2D eigenvalue weighted by molar-refractivity contribution is -0.139. The summed E-state index contributed by atoms with van der Waals surface area (Å²) in [6.07, 6.45) is 2.71. The molecule has 1 saturated carbocycles. The van der Waals surface area contributed by atoms with Gasteiger partial charge in [-0.05, 0) is 88.4 Å². The van der Waals surface area contributed by atoms with Gasteiger partial charge in [0.15, 0.2) is 0 Å². The summed E-state index contributed by atoms with van der Waals surface area (Å²) >= 11 is 0.880. The average molecular weight is 532 g/mol. The Bertz CT molecular complexity index is 833. The average Bonchev–Trinajstić information content (AvgIpc) is 2.82. The predicted octanol–water partition coefficient (Wildman–Crippen LogP) is 6.36. The minimum absolute atomic E-state index is 0.0955. The molecule has 5 nitrogen and oxygen atoms in total. The van der Waals surface area contributed by atoms with Crippen LogP contribution in [0.25, 0.3) is 0 Å². The number of halogens is 3. The van der Waals surface area contributed by atoms with E-state index in [9.17, 15) is 22.8 Å². The van der Waals surface area contributed by atoms with Crippen molar-refractivity contribution in [1.29, 1.82) is 0 Å². The molecule has 0 aliphatic heterocycles. The second-order valence-corrected chi connectivity index (χ2v) is 11.2. The SMILES string of the molecule is CCC(CC(C)C(C)NC)CC(C)(CC)C(N)=O.O=CC1(NSc2ccccc2C(F)(F)F)CCC1. The van der Waals surface area contributed by atoms with Crippen molar-refractivity contribution in [1.82, 2.24) is 10.0 Å². The summed E-state index contributed by atoms with van der Waals surface area (Å²) in [4.78, 5) is 22.6. The smallest absolute Gasteiger partial charge is 0.369 e. The second kappa shape index (κ2) is 14.4. The fourth-order valence-electron chi connectivity index (χ4n) is 4.21. The van der Waals surface area contributed by atoms with Crippen LogP contribution in [0.2, 0.25) is 0 Å². The van der Waals surface area contributed by atoms with Gasteiger partial charge >= 0.3 is 6.18 Å². The molecular weight excluding hydrogens is 487 g/mol. The highest BCUT2D eigenvalue weighted by Crippen LogP contribution is 2.38. The predicted molar refractivity (Wildman–Crippen MR) is 141 cm³/mol. The molecule has 4 atom stereocenters. The molecule has 1 aliphatic rings. The molecule has 1 aromatic rings. The van der Waals surface area contributed by atoms with Crippen LogP contribution in [0, 0.1) is 17.3 Å². The van der Waals surface area contributed by atoms with Crippen LogP contribution in [0.3, 0.4) is 0 Å². The summed E-state index contributed by atoms with van der Waals surface area (Å²) in [5, 5.41) is 3.30. The Labute approximate surface area is 219 Å². The van der Waals surface area contributed by atoms with E-state index >= 15 is 0 Å². The van der Waals surface area contributed by atoms with E-state index in [0.29, 0.717) is 30.7 Å². The quantitative estimate of drug-likeness (QED) is 0.204. The molecule has 0 radical (unpaired) electrons. The van der Waals surface area contributed by atoms with E-state index in [-0.39, 0.29) is 16.2 Å². The van der Waals surface area contributed by atoms with Crippen molar-refractivity contribution in [2.45, 2.75) is 102 Å². The minimum atomic E-state index is -4.38. The van der Waals surface area contributed by atoms with E-state index in [1.54, 1.807) is 6.07 Å². The van der Waals surface area contributed by atoms with E-state index in [0.717, 1.165) is 56.4 Å². The van der Waals surface area contributed by atoms with Crippen LogP contribution in [-0.4, -0.2) is 30.8 Å². The van der Waals surface area contributed by atoms with Gasteiger partial charge in [-0.3, -0.25) is 4.79 Å². The fraction of sp³-hybridized carbons (Fsp3) is 0.704. The van der Waals surface area contributed by atoms with Gasteiger partial charge < -0.3 is 15.8 Å². The van der Waals surface area contributed by atoms with Gasteiger partial charge in [0.2, 0.25) is 5.91 Å². The van der Waals surface area contributed by atoms with Crippen LogP contribution in [0.5, 0.6) is 0 Å². The van der Waals surface area contributed by atoms with Crippen molar-refractivity contribution in [2.24, 2.45) is 23.0 Å². The van der Waals surface area contributed by atoms with Gasteiger partial charge in [0.1, 0.15) is 6.29 Å². The Hall–Kier alpha value is -1.58.